The second-order valence-corrected chi connectivity index (χ2v) is 11.2. The van der Waals surface area contributed by atoms with Crippen LogP contribution >= 0.6 is 0 Å². The standard InChI is InChI=1S/C18H22N2O.2C10H8N2.Ru/c1-18(2,3)17(21)9-6-7-14-10-12-20-16(13-14)15-8-4-5-11-19-15;2*1-3-7-11-9(5-1)10-6-2-4-8-12-10;/h4-5,8,10-13H,6-7,9H2,1-3H3;2*1-8H;/q;;;+2. The summed E-state index contributed by atoms with van der Waals surface area (Å²) in [5.41, 5.74) is 6.39. The Kier molecular flexibility index (Phi) is 14.6. The van der Waals surface area contributed by atoms with Gasteiger partial charge in [0.05, 0.1) is 34.2 Å². The van der Waals surface area contributed by atoms with Crippen molar-refractivity contribution >= 4 is 5.78 Å². The van der Waals surface area contributed by atoms with Crippen molar-refractivity contribution in [1.29, 1.82) is 0 Å². The number of pyridine rings is 6. The largest absolute Gasteiger partial charge is 2.00 e. The number of aryl methyl sites for hydroxylation is 1. The molecule has 0 spiro atoms. The third kappa shape index (κ3) is 11.9. The summed E-state index contributed by atoms with van der Waals surface area (Å²) in [5, 5.41) is 0. The van der Waals surface area contributed by atoms with Gasteiger partial charge in [-0.15, -0.1) is 0 Å². The van der Waals surface area contributed by atoms with E-state index in [0.717, 1.165) is 47.0 Å². The number of Topliss-reactive ketones (excluding diaryl/α,β-unsaturated/α-hetero) is 1. The van der Waals surface area contributed by atoms with Crippen molar-refractivity contribution < 1.29 is 24.3 Å². The summed E-state index contributed by atoms with van der Waals surface area (Å²) >= 11 is 0. The van der Waals surface area contributed by atoms with E-state index in [1.54, 1.807) is 31.0 Å². The van der Waals surface area contributed by atoms with E-state index in [9.17, 15) is 4.79 Å². The number of hydrogen-bond donors (Lipinski definition) is 0. The van der Waals surface area contributed by atoms with Crippen molar-refractivity contribution in [2.45, 2.75) is 40.0 Å². The molecule has 0 fully saturated rings. The molecule has 6 rings (SSSR count). The maximum absolute atomic E-state index is 11.9. The minimum Gasteiger partial charge on any atom is -0.299 e. The summed E-state index contributed by atoms with van der Waals surface area (Å²) in [7, 11) is 0. The Morgan fingerprint density at radius 1 is 0.500 bits per heavy atom. The van der Waals surface area contributed by atoms with Crippen molar-refractivity contribution in [3.05, 3.63) is 146 Å². The SMILES string of the molecule is CC(C)(C)C(=O)CCCc1ccnc(-c2ccccn2)c1.[Ru+2].c1ccc(-c2ccccn2)nc1.c1ccc(-c2ccccn2)nc1. The number of hydrogen-bond acceptors (Lipinski definition) is 7. The van der Waals surface area contributed by atoms with Crippen LogP contribution in [0.2, 0.25) is 0 Å². The van der Waals surface area contributed by atoms with Crippen molar-refractivity contribution in [2.75, 3.05) is 0 Å². The van der Waals surface area contributed by atoms with E-state index in [1.165, 1.54) is 5.56 Å². The van der Waals surface area contributed by atoms with Gasteiger partial charge < -0.3 is 0 Å². The summed E-state index contributed by atoms with van der Waals surface area (Å²) < 4.78 is 0. The minimum absolute atomic E-state index is 0. The minimum atomic E-state index is -0.239. The zero-order chi connectivity index (χ0) is 31.7. The van der Waals surface area contributed by atoms with E-state index >= 15 is 0 Å². The van der Waals surface area contributed by atoms with E-state index in [-0.39, 0.29) is 24.9 Å². The molecule has 6 aromatic rings. The Hall–Kier alpha value is -4.81. The molecule has 6 aromatic heterocycles. The summed E-state index contributed by atoms with van der Waals surface area (Å²) in [4.78, 5) is 37.3. The third-order valence-electron chi connectivity index (χ3n) is 6.64. The average Bonchev–Trinajstić information content (AvgIpc) is 3.10. The van der Waals surface area contributed by atoms with Crippen molar-refractivity contribution in [3.63, 3.8) is 0 Å². The first-order valence-electron chi connectivity index (χ1n) is 14.9. The van der Waals surface area contributed by atoms with Gasteiger partial charge in [-0.05, 0) is 91.2 Å². The van der Waals surface area contributed by atoms with E-state index in [4.69, 9.17) is 0 Å². The van der Waals surface area contributed by atoms with Gasteiger partial charge in [-0.3, -0.25) is 34.7 Å². The fourth-order valence-corrected chi connectivity index (χ4v) is 4.17. The Labute approximate surface area is 284 Å². The van der Waals surface area contributed by atoms with Crippen molar-refractivity contribution in [2.24, 2.45) is 5.41 Å². The molecule has 46 heavy (non-hydrogen) atoms. The number of carbonyl (C=O) groups excluding carboxylic acids is 1. The molecule has 8 heteroatoms. The zero-order valence-corrected chi connectivity index (χ0v) is 28.1. The zero-order valence-electron chi connectivity index (χ0n) is 26.3. The molecule has 0 bridgehead atoms. The predicted octanol–water partition coefficient (Wildman–Crippen LogP) is 8.37. The van der Waals surface area contributed by atoms with Crippen LogP contribution in [0.5, 0.6) is 0 Å². The van der Waals surface area contributed by atoms with Crippen LogP contribution in [0, 0.1) is 5.41 Å². The molecule has 7 nitrogen and oxygen atoms in total. The van der Waals surface area contributed by atoms with Crippen LogP contribution in [-0.2, 0) is 30.7 Å². The molecule has 0 aromatic carbocycles. The molecule has 6 heterocycles. The fourth-order valence-electron chi connectivity index (χ4n) is 4.17. The Morgan fingerprint density at radius 3 is 1.17 bits per heavy atom. The summed E-state index contributed by atoms with van der Waals surface area (Å²) in [6.45, 7) is 5.92. The molecule has 0 saturated heterocycles. The van der Waals surface area contributed by atoms with Crippen LogP contribution in [0.3, 0.4) is 0 Å². The number of ketones is 1. The molecular formula is C38H38N6ORu+2. The van der Waals surface area contributed by atoms with Crippen molar-refractivity contribution in [1.82, 2.24) is 29.9 Å². The molecule has 232 valence electrons. The van der Waals surface area contributed by atoms with Gasteiger partial charge in [0.25, 0.3) is 0 Å². The van der Waals surface area contributed by atoms with Crippen LogP contribution in [-0.4, -0.2) is 35.7 Å². The Bertz CT molecular complexity index is 1550. The number of nitrogens with zero attached hydrogens (tertiary/aromatic N) is 6. The molecule has 0 unspecified atom stereocenters. The fraction of sp³-hybridized carbons (Fsp3) is 0.184. The Balaban J connectivity index is 0.000000197. The smallest absolute Gasteiger partial charge is 0.299 e. The average molecular weight is 696 g/mol. The topological polar surface area (TPSA) is 94.4 Å². The summed E-state index contributed by atoms with van der Waals surface area (Å²) in [6.07, 6.45) is 13.1. The predicted molar refractivity (Wildman–Crippen MR) is 180 cm³/mol. The molecule has 0 amide bonds. The van der Waals surface area contributed by atoms with E-state index in [2.05, 4.69) is 36.0 Å². The second kappa shape index (κ2) is 18.9. The number of aromatic nitrogens is 6. The van der Waals surface area contributed by atoms with Crippen LogP contribution in [0.4, 0.5) is 0 Å². The van der Waals surface area contributed by atoms with Crippen LogP contribution < -0.4 is 0 Å². The monoisotopic (exact) mass is 696 g/mol. The van der Waals surface area contributed by atoms with Gasteiger partial charge in [0, 0.05) is 49.0 Å². The first-order valence-corrected chi connectivity index (χ1v) is 14.9. The summed E-state index contributed by atoms with van der Waals surface area (Å²) in [6, 6.07) is 33.1. The van der Waals surface area contributed by atoms with Crippen LogP contribution in [0.1, 0.15) is 39.2 Å². The number of carbonyl (C=O) groups is 1. The maximum atomic E-state index is 11.9. The molecule has 0 N–H and O–H groups in total. The van der Waals surface area contributed by atoms with Gasteiger partial charge >= 0.3 is 19.5 Å². The molecule has 0 aliphatic heterocycles. The molecular weight excluding hydrogens is 658 g/mol. The van der Waals surface area contributed by atoms with E-state index in [0.29, 0.717) is 12.2 Å². The van der Waals surface area contributed by atoms with Gasteiger partial charge in [-0.2, -0.15) is 0 Å². The van der Waals surface area contributed by atoms with Gasteiger partial charge in [0.15, 0.2) is 0 Å². The van der Waals surface area contributed by atoms with Gasteiger partial charge in [0.1, 0.15) is 5.78 Å². The van der Waals surface area contributed by atoms with E-state index < -0.39 is 0 Å². The maximum Gasteiger partial charge on any atom is 2.00 e. The van der Waals surface area contributed by atoms with Gasteiger partial charge in [0.2, 0.25) is 0 Å². The number of rotatable bonds is 7. The Morgan fingerprint density at radius 2 is 0.848 bits per heavy atom. The van der Waals surface area contributed by atoms with Crippen LogP contribution in [0.15, 0.2) is 140 Å². The quantitative estimate of drug-likeness (QED) is 0.155. The molecule has 0 saturated carbocycles. The second-order valence-electron chi connectivity index (χ2n) is 11.2. The normalized spacial score (nSPS) is 10.2. The van der Waals surface area contributed by atoms with Crippen LogP contribution in [0.25, 0.3) is 34.2 Å². The molecule has 0 radical (unpaired) electrons. The van der Waals surface area contributed by atoms with E-state index in [1.807, 2.05) is 124 Å². The first-order chi connectivity index (χ1) is 21.9. The first kappa shape index (κ1) is 35.7. The van der Waals surface area contributed by atoms with Gasteiger partial charge in [-0.1, -0.05) is 51.1 Å². The van der Waals surface area contributed by atoms with Crippen molar-refractivity contribution in [3.8, 4) is 34.2 Å². The molecule has 0 aliphatic rings. The molecule has 0 aliphatic carbocycles. The summed E-state index contributed by atoms with van der Waals surface area (Å²) in [5.74, 6) is 0.321. The molecule has 0 atom stereocenters. The van der Waals surface area contributed by atoms with Gasteiger partial charge in [-0.25, -0.2) is 0 Å². The third-order valence-corrected chi connectivity index (χ3v) is 6.64.